The van der Waals surface area contributed by atoms with E-state index in [-0.39, 0.29) is 6.42 Å². The molecule has 0 unspecified atom stereocenters. The number of nitrogens with one attached hydrogen (secondary N) is 1. The number of anilines is 1. The van der Waals surface area contributed by atoms with Gasteiger partial charge < -0.3 is 14.2 Å². The van der Waals surface area contributed by atoms with Crippen LogP contribution >= 0.6 is 11.8 Å². The third-order valence-corrected chi connectivity index (χ3v) is 7.53. The molecule has 3 aliphatic heterocycles. The van der Waals surface area contributed by atoms with E-state index in [2.05, 4.69) is 5.32 Å². The molecule has 3 aliphatic rings. The van der Waals surface area contributed by atoms with Gasteiger partial charge in [0.1, 0.15) is 24.6 Å². The summed E-state index contributed by atoms with van der Waals surface area (Å²) in [5.41, 5.74) is -0.446. The summed E-state index contributed by atoms with van der Waals surface area (Å²) in [7, 11) is 1.27. The number of nitrogens with zero attached hydrogens (tertiary/aromatic N) is 1. The average molecular weight is 501 g/mol. The normalized spacial score (nSPS) is 27.2. The minimum Gasteiger partial charge on any atom is -0.486 e. The van der Waals surface area contributed by atoms with Gasteiger partial charge in [0.05, 0.1) is 24.6 Å². The summed E-state index contributed by atoms with van der Waals surface area (Å²) in [6.07, 6.45) is 2.19. The molecule has 0 bridgehead atoms. The Labute approximate surface area is 206 Å². The summed E-state index contributed by atoms with van der Waals surface area (Å²) in [6.45, 7) is 0.778. The third-order valence-electron chi connectivity index (χ3n) is 6.92. The Kier molecular flexibility index (Phi) is 6.18. The van der Waals surface area contributed by atoms with Gasteiger partial charge in [0.2, 0.25) is 11.8 Å². The number of amides is 2. The molecule has 184 valence electrons. The standard InChI is InChI=1S/C25H25FN2O6S/c1-32-24(31)25(9-12-35-2)20-19(21(27-25)14-3-5-15(26)6-4-14)22(29)28(23(20)30)16-7-8-17-18(13-16)34-11-10-33-17/h3-8,13,19-21,27H,9-12H2,1-2H3/t19-,20-,21-,25-/m0/s1. The van der Waals surface area contributed by atoms with Crippen LogP contribution in [0.3, 0.4) is 0 Å². The maximum absolute atomic E-state index is 13.9. The second kappa shape index (κ2) is 9.16. The van der Waals surface area contributed by atoms with Crippen LogP contribution in [0.15, 0.2) is 42.5 Å². The van der Waals surface area contributed by atoms with Crippen LogP contribution in [0.2, 0.25) is 0 Å². The lowest BCUT2D eigenvalue weighted by Gasteiger charge is -2.32. The zero-order valence-electron chi connectivity index (χ0n) is 19.3. The predicted molar refractivity (Wildman–Crippen MR) is 127 cm³/mol. The fourth-order valence-corrected chi connectivity index (χ4v) is 5.88. The summed E-state index contributed by atoms with van der Waals surface area (Å²) < 4.78 is 30.0. The van der Waals surface area contributed by atoms with Gasteiger partial charge in [-0.1, -0.05) is 12.1 Å². The molecule has 0 radical (unpaired) electrons. The molecule has 4 atom stereocenters. The number of esters is 1. The molecule has 2 saturated heterocycles. The maximum atomic E-state index is 13.9. The van der Waals surface area contributed by atoms with Crippen LogP contribution in [0.5, 0.6) is 11.5 Å². The molecule has 1 N–H and O–H groups in total. The predicted octanol–water partition coefficient (Wildman–Crippen LogP) is 2.71. The second-order valence-electron chi connectivity index (χ2n) is 8.72. The fraction of sp³-hybridized carbons (Fsp3) is 0.400. The van der Waals surface area contributed by atoms with Crippen molar-refractivity contribution in [2.45, 2.75) is 18.0 Å². The molecule has 0 saturated carbocycles. The van der Waals surface area contributed by atoms with E-state index in [1.165, 1.54) is 31.0 Å². The monoisotopic (exact) mass is 500 g/mol. The minimum atomic E-state index is -1.41. The number of thioether (sulfide) groups is 1. The second-order valence-corrected chi connectivity index (χ2v) is 9.71. The summed E-state index contributed by atoms with van der Waals surface area (Å²) in [6, 6.07) is 9.94. The number of carbonyl (C=O) groups is 3. The Morgan fingerprint density at radius 3 is 2.54 bits per heavy atom. The van der Waals surface area contributed by atoms with E-state index in [0.29, 0.717) is 41.7 Å². The van der Waals surface area contributed by atoms with Gasteiger partial charge in [0.15, 0.2) is 11.5 Å². The van der Waals surface area contributed by atoms with Crippen molar-refractivity contribution in [2.75, 3.05) is 37.2 Å². The Bertz CT molecular complexity index is 1180. The van der Waals surface area contributed by atoms with Crippen molar-refractivity contribution in [3.05, 3.63) is 53.8 Å². The van der Waals surface area contributed by atoms with E-state index >= 15 is 0 Å². The van der Waals surface area contributed by atoms with Crippen molar-refractivity contribution in [2.24, 2.45) is 11.8 Å². The lowest BCUT2D eigenvalue weighted by atomic mass is 9.78. The Morgan fingerprint density at radius 2 is 1.86 bits per heavy atom. The van der Waals surface area contributed by atoms with E-state index in [1.807, 2.05) is 6.26 Å². The van der Waals surface area contributed by atoms with E-state index in [4.69, 9.17) is 14.2 Å². The van der Waals surface area contributed by atoms with Gasteiger partial charge >= 0.3 is 5.97 Å². The number of benzene rings is 2. The number of rotatable bonds is 6. The molecule has 8 nitrogen and oxygen atoms in total. The van der Waals surface area contributed by atoms with Gasteiger partial charge in [-0.25, -0.2) is 9.29 Å². The molecule has 2 fully saturated rings. The molecule has 0 aliphatic carbocycles. The highest BCUT2D eigenvalue weighted by atomic mass is 32.2. The van der Waals surface area contributed by atoms with Crippen molar-refractivity contribution in [3.8, 4) is 11.5 Å². The molecule has 0 aromatic heterocycles. The summed E-state index contributed by atoms with van der Waals surface area (Å²) >= 11 is 1.53. The SMILES string of the molecule is COC(=O)[C@@]1(CCSC)N[C@@H](c2ccc(F)cc2)[C@H]2C(=O)N(c3ccc4c(c3)OCCO4)C(=O)[C@H]21. The van der Waals surface area contributed by atoms with E-state index in [9.17, 15) is 18.8 Å². The quantitative estimate of drug-likeness (QED) is 0.478. The summed E-state index contributed by atoms with van der Waals surface area (Å²) in [4.78, 5) is 42.1. The fourth-order valence-electron chi connectivity index (χ4n) is 5.35. The molecular formula is C25H25FN2O6S. The van der Waals surface area contributed by atoms with Crippen molar-refractivity contribution >= 4 is 35.2 Å². The minimum absolute atomic E-state index is 0.285. The smallest absolute Gasteiger partial charge is 0.326 e. The molecule has 2 aromatic rings. The van der Waals surface area contributed by atoms with Crippen LogP contribution in [0.25, 0.3) is 0 Å². The largest absolute Gasteiger partial charge is 0.486 e. The van der Waals surface area contributed by atoms with E-state index in [1.54, 1.807) is 30.3 Å². The van der Waals surface area contributed by atoms with Crippen molar-refractivity contribution in [1.82, 2.24) is 5.32 Å². The first kappa shape index (κ1) is 23.6. The lowest BCUT2D eigenvalue weighted by Crippen LogP contribution is -2.56. The Balaban J connectivity index is 1.61. The number of ether oxygens (including phenoxy) is 3. The number of fused-ring (bicyclic) bond motifs is 2. The van der Waals surface area contributed by atoms with Crippen molar-refractivity contribution in [3.63, 3.8) is 0 Å². The number of hydrogen-bond donors (Lipinski definition) is 1. The first-order chi connectivity index (χ1) is 16.9. The molecule has 10 heteroatoms. The number of hydrogen-bond acceptors (Lipinski definition) is 8. The number of carbonyl (C=O) groups excluding carboxylic acids is 3. The molecule has 35 heavy (non-hydrogen) atoms. The van der Waals surface area contributed by atoms with Crippen molar-refractivity contribution in [1.29, 1.82) is 0 Å². The highest BCUT2D eigenvalue weighted by Gasteiger charge is 2.68. The van der Waals surface area contributed by atoms with Gasteiger partial charge in [-0.2, -0.15) is 11.8 Å². The zero-order valence-corrected chi connectivity index (χ0v) is 20.1. The molecule has 2 aromatic carbocycles. The Hall–Kier alpha value is -3.11. The van der Waals surface area contributed by atoms with Crippen LogP contribution in [0.1, 0.15) is 18.0 Å². The van der Waals surface area contributed by atoms with E-state index < -0.39 is 47.0 Å². The molecular weight excluding hydrogens is 475 g/mol. The van der Waals surface area contributed by atoms with Crippen LogP contribution in [0.4, 0.5) is 10.1 Å². The Morgan fingerprint density at radius 1 is 1.14 bits per heavy atom. The highest BCUT2D eigenvalue weighted by molar-refractivity contribution is 7.98. The molecule has 3 heterocycles. The molecule has 2 amide bonds. The van der Waals surface area contributed by atoms with Crippen molar-refractivity contribution < 1.29 is 33.0 Å². The number of imide groups is 1. The van der Waals surface area contributed by atoms with Crippen LogP contribution < -0.4 is 19.7 Å². The zero-order chi connectivity index (χ0) is 24.7. The molecule has 5 rings (SSSR count). The summed E-state index contributed by atoms with van der Waals surface area (Å²) in [5.74, 6) is -2.26. The average Bonchev–Trinajstić information content (AvgIpc) is 3.36. The highest BCUT2D eigenvalue weighted by Crippen LogP contribution is 2.52. The molecule has 0 spiro atoms. The van der Waals surface area contributed by atoms with Gasteiger partial charge in [0, 0.05) is 12.1 Å². The third kappa shape index (κ3) is 3.75. The number of methoxy groups -OCH3 is 1. The first-order valence-corrected chi connectivity index (χ1v) is 12.7. The lowest BCUT2D eigenvalue weighted by molar-refractivity contribution is -0.152. The van der Waals surface area contributed by atoms with Gasteiger partial charge in [0.25, 0.3) is 0 Å². The topological polar surface area (TPSA) is 94.2 Å². The van der Waals surface area contributed by atoms with Crippen LogP contribution in [-0.2, 0) is 19.1 Å². The van der Waals surface area contributed by atoms with Crippen LogP contribution in [0, 0.1) is 17.7 Å². The van der Waals surface area contributed by atoms with Crippen LogP contribution in [-0.4, -0.2) is 55.7 Å². The first-order valence-electron chi connectivity index (χ1n) is 11.3. The van der Waals surface area contributed by atoms with Gasteiger partial charge in [-0.15, -0.1) is 0 Å². The van der Waals surface area contributed by atoms with E-state index in [0.717, 1.165) is 4.90 Å². The maximum Gasteiger partial charge on any atom is 0.326 e. The number of halogens is 1. The van der Waals surface area contributed by atoms with Gasteiger partial charge in [-0.3, -0.25) is 19.7 Å². The summed E-state index contributed by atoms with van der Waals surface area (Å²) in [5, 5.41) is 3.29. The van der Waals surface area contributed by atoms with Gasteiger partial charge in [-0.05, 0) is 48.3 Å².